The first-order valence-electron chi connectivity index (χ1n) is 7.69. The van der Waals surface area contributed by atoms with Gasteiger partial charge in [-0.15, -0.1) is 0 Å². The smallest absolute Gasteiger partial charge is 0.301 e. The van der Waals surface area contributed by atoms with Gasteiger partial charge in [-0.2, -0.15) is 4.83 Å². The average molecular weight is 341 g/mol. The van der Waals surface area contributed by atoms with Crippen LogP contribution in [-0.2, 0) is 0 Å². The van der Waals surface area contributed by atoms with E-state index in [1.54, 1.807) is 6.07 Å². The quantitative estimate of drug-likeness (QED) is 0.463. The maximum Gasteiger partial charge on any atom is 0.301 e. The SMILES string of the molecule is CC(C)Nc1ccc2oc(C(=O)NNSc3ccccc3)cc2c1. The maximum absolute atomic E-state index is 12.2. The second kappa shape index (κ2) is 7.42. The van der Waals surface area contributed by atoms with Crippen molar-refractivity contribution >= 4 is 34.5 Å². The Bertz CT molecular complexity index is 831. The molecule has 6 heteroatoms. The third-order valence-electron chi connectivity index (χ3n) is 3.27. The minimum absolute atomic E-state index is 0.271. The Labute approximate surface area is 144 Å². The zero-order valence-electron chi connectivity index (χ0n) is 13.5. The molecule has 0 bridgehead atoms. The molecule has 0 aliphatic carbocycles. The van der Waals surface area contributed by atoms with E-state index in [4.69, 9.17) is 4.42 Å². The van der Waals surface area contributed by atoms with Gasteiger partial charge >= 0.3 is 5.91 Å². The van der Waals surface area contributed by atoms with Crippen molar-refractivity contribution in [3.63, 3.8) is 0 Å². The molecule has 0 radical (unpaired) electrons. The Kier molecular flexibility index (Phi) is 5.08. The molecule has 0 aliphatic heterocycles. The van der Waals surface area contributed by atoms with Crippen molar-refractivity contribution in [2.75, 3.05) is 5.32 Å². The Morgan fingerprint density at radius 3 is 2.62 bits per heavy atom. The van der Waals surface area contributed by atoms with Gasteiger partial charge in [0.05, 0.1) is 0 Å². The van der Waals surface area contributed by atoms with Gasteiger partial charge in [-0.05, 0) is 62.2 Å². The number of hydrazine groups is 1. The van der Waals surface area contributed by atoms with E-state index >= 15 is 0 Å². The number of benzene rings is 2. The van der Waals surface area contributed by atoms with E-state index in [9.17, 15) is 4.79 Å². The molecule has 0 unspecified atom stereocenters. The van der Waals surface area contributed by atoms with Crippen LogP contribution in [0.1, 0.15) is 24.4 Å². The Balaban J connectivity index is 1.64. The number of nitrogens with one attached hydrogen (secondary N) is 3. The summed E-state index contributed by atoms with van der Waals surface area (Å²) in [7, 11) is 0. The predicted molar refractivity (Wildman–Crippen MR) is 97.9 cm³/mol. The minimum Gasteiger partial charge on any atom is -0.451 e. The highest BCUT2D eigenvalue weighted by Crippen LogP contribution is 2.23. The van der Waals surface area contributed by atoms with Crippen LogP contribution in [0, 0.1) is 0 Å². The lowest BCUT2D eigenvalue weighted by Crippen LogP contribution is -2.32. The standard InChI is InChI=1S/C18H19N3O2S/c1-12(2)19-14-8-9-16-13(10-14)11-17(23-16)18(22)20-21-24-15-6-4-3-5-7-15/h3-12,19,21H,1-2H3,(H,20,22). The van der Waals surface area contributed by atoms with Crippen molar-refractivity contribution < 1.29 is 9.21 Å². The Morgan fingerprint density at radius 2 is 1.88 bits per heavy atom. The van der Waals surface area contributed by atoms with Crippen molar-refractivity contribution in [1.29, 1.82) is 0 Å². The van der Waals surface area contributed by atoms with Crippen molar-refractivity contribution in [3.05, 3.63) is 60.4 Å². The van der Waals surface area contributed by atoms with Gasteiger partial charge in [0.2, 0.25) is 0 Å². The summed E-state index contributed by atoms with van der Waals surface area (Å²) in [5.74, 6) is -0.0409. The van der Waals surface area contributed by atoms with Crippen LogP contribution in [0.25, 0.3) is 11.0 Å². The van der Waals surface area contributed by atoms with Gasteiger partial charge in [-0.3, -0.25) is 10.2 Å². The first-order valence-corrected chi connectivity index (χ1v) is 8.51. The summed E-state index contributed by atoms with van der Waals surface area (Å²) < 4.78 is 5.60. The monoisotopic (exact) mass is 341 g/mol. The van der Waals surface area contributed by atoms with Crippen LogP contribution < -0.4 is 15.6 Å². The van der Waals surface area contributed by atoms with Gasteiger partial charge in [-0.1, -0.05) is 18.2 Å². The molecular formula is C18H19N3O2S. The first-order chi connectivity index (χ1) is 11.6. The summed E-state index contributed by atoms with van der Waals surface area (Å²) in [5.41, 5.74) is 4.31. The van der Waals surface area contributed by atoms with Gasteiger partial charge in [0.25, 0.3) is 0 Å². The third-order valence-corrected chi connectivity index (χ3v) is 3.98. The summed E-state index contributed by atoms with van der Waals surface area (Å²) in [4.78, 5) is 16.0. The number of hydrogen-bond acceptors (Lipinski definition) is 5. The van der Waals surface area contributed by atoms with Gasteiger partial charge < -0.3 is 9.73 Å². The molecule has 1 heterocycles. The Hall–Kier alpha value is -2.44. The molecule has 0 fully saturated rings. The summed E-state index contributed by atoms with van der Waals surface area (Å²) in [6, 6.07) is 17.6. The average Bonchev–Trinajstić information content (AvgIpc) is 2.98. The van der Waals surface area contributed by atoms with E-state index in [2.05, 4.69) is 29.4 Å². The highest BCUT2D eigenvalue weighted by molar-refractivity contribution is 7.97. The number of rotatable bonds is 6. The minimum atomic E-state index is -0.312. The van der Waals surface area contributed by atoms with Crippen LogP contribution in [0.5, 0.6) is 0 Å². The van der Waals surface area contributed by atoms with Crippen molar-refractivity contribution in [3.8, 4) is 0 Å². The second-order valence-corrected chi connectivity index (χ2v) is 6.51. The zero-order valence-corrected chi connectivity index (χ0v) is 14.3. The number of furan rings is 1. The fourth-order valence-electron chi connectivity index (χ4n) is 2.26. The fourth-order valence-corrected chi connectivity index (χ4v) is 2.81. The van der Waals surface area contributed by atoms with Crippen LogP contribution in [0.15, 0.2) is 63.9 Å². The van der Waals surface area contributed by atoms with Crippen molar-refractivity contribution in [1.82, 2.24) is 10.3 Å². The van der Waals surface area contributed by atoms with E-state index < -0.39 is 0 Å². The van der Waals surface area contributed by atoms with E-state index in [1.807, 2.05) is 48.5 Å². The van der Waals surface area contributed by atoms with Gasteiger partial charge in [0.1, 0.15) is 5.58 Å². The Morgan fingerprint density at radius 1 is 1.08 bits per heavy atom. The molecule has 1 aromatic heterocycles. The fraction of sp³-hybridized carbons (Fsp3) is 0.167. The van der Waals surface area contributed by atoms with Crippen LogP contribution in [0.3, 0.4) is 0 Å². The number of fused-ring (bicyclic) bond motifs is 1. The molecule has 0 aliphatic rings. The molecule has 0 saturated heterocycles. The number of carbonyl (C=O) groups excluding carboxylic acids is 1. The zero-order chi connectivity index (χ0) is 16.9. The van der Waals surface area contributed by atoms with Crippen LogP contribution in [0.2, 0.25) is 0 Å². The van der Waals surface area contributed by atoms with E-state index in [-0.39, 0.29) is 11.7 Å². The van der Waals surface area contributed by atoms with Crippen LogP contribution in [-0.4, -0.2) is 11.9 Å². The van der Waals surface area contributed by atoms with E-state index in [0.29, 0.717) is 11.6 Å². The molecular weight excluding hydrogens is 322 g/mol. The molecule has 2 aromatic carbocycles. The summed E-state index contributed by atoms with van der Waals surface area (Å²) in [6.07, 6.45) is 0. The molecule has 0 atom stereocenters. The molecule has 3 aromatic rings. The molecule has 24 heavy (non-hydrogen) atoms. The van der Waals surface area contributed by atoms with E-state index in [1.165, 1.54) is 11.9 Å². The lowest BCUT2D eigenvalue weighted by molar-refractivity contribution is 0.0921. The largest absolute Gasteiger partial charge is 0.451 e. The molecule has 0 saturated carbocycles. The number of anilines is 1. The summed E-state index contributed by atoms with van der Waals surface area (Å²) >= 11 is 1.33. The lowest BCUT2D eigenvalue weighted by atomic mass is 10.2. The van der Waals surface area contributed by atoms with Crippen molar-refractivity contribution in [2.24, 2.45) is 0 Å². The van der Waals surface area contributed by atoms with Crippen molar-refractivity contribution in [2.45, 2.75) is 24.8 Å². The molecule has 1 amide bonds. The maximum atomic E-state index is 12.2. The van der Waals surface area contributed by atoms with Gasteiger partial charge in [-0.25, -0.2) is 0 Å². The number of amides is 1. The predicted octanol–water partition coefficient (Wildman–Crippen LogP) is 4.19. The molecule has 124 valence electrons. The molecule has 3 rings (SSSR count). The highest BCUT2D eigenvalue weighted by atomic mass is 32.2. The third kappa shape index (κ3) is 4.10. The summed E-state index contributed by atoms with van der Waals surface area (Å²) in [6.45, 7) is 4.16. The number of carbonyl (C=O) groups is 1. The summed E-state index contributed by atoms with van der Waals surface area (Å²) in [5, 5.41) is 4.22. The molecule has 5 nitrogen and oxygen atoms in total. The van der Waals surface area contributed by atoms with Crippen LogP contribution >= 0.6 is 11.9 Å². The van der Waals surface area contributed by atoms with Gasteiger partial charge in [0.15, 0.2) is 5.76 Å². The van der Waals surface area contributed by atoms with Gasteiger partial charge in [0, 0.05) is 22.0 Å². The lowest BCUT2D eigenvalue weighted by Gasteiger charge is -2.08. The highest BCUT2D eigenvalue weighted by Gasteiger charge is 2.12. The second-order valence-electron chi connectivity index (χ2n) is 5.63. The topological polar surface area (TPSA) is 66.3 Å². The first kappa shape index (κ1) is 16.4. The van der Waals surface area contributed by atoms with E-state index in [0.717, 1.165) is 16.0 Å². The molecule has 0 spiro atoms. The molecule has 3 N–H and O–H groups in total. The van der Waals surface area contributed by atoms with Crippen LogP contribution in [0.4, 0.5) is 5.69 Å². The number of hydrogen-bond donors (Lipinski definition) is 3. The normalized spacial score (nSPS) is 11.0.